The van der Waals surface area contributed by atoms with Gasteiger partial charge in [-0.05, 0) is 55.4 Å². The Hall–Kier alpha value is -1.51. The fourth-order valence-electron chi connectivity index (χ4n) is 2.08. The van der Waals surface area contributed by atoms with E-state index in [0.717, 1.165) is 16.7 Å². The van der Waals surface area contributed by atoms with E-state index < -0.39 is 11.4 Å². The van der Waals surface area contributed by atoms with Crippen LogP contribution in [-0.4, -0.2) is 16.2 Å². The Morgan fingerprint density at radius 1 is 1.16 bits per heavy atom. The molecule has 0 atom stereocenters. The van der Waals surface area contributed by atoms with Crippen molar-refractivity contribution >= 4 is 5.97 Å². The second kappa shape index (κ2) is 4.87. The summed E-state index contributed by atoms with van der Waals surface area (Å²) < 4.78 is 0. The van der Waals surface area contributed by atoms with Crippen molar-refractivity contribution in [3.05, 3.63) is 28.8 Å². The Labute approximate surface area is 115 Å². The molecule has 0 aliphatic carbocycles. The molecule has 106 valence electrons. The first-order chi connectivity index (χ1) is 8.45. The standard InChI is InChI=1S/C16H24O3/c1-10-7-12(15(2,3)4)13(17)8-11(10)9-16(5,6)14(18)19/h7-8,17H,9H2,1-6H3,(H,18,19). The van der Waals surface area contributed by atoms with E-state index in [1.807, 2.05) is 33.8 Å². The minimum atomic E-state index is -0.833. The molecule has 0 spiro atoms. The summed E-state index contributed by atoms with van der Waals surface area (Å²) >= 11 is 0. The molecule has 0 saturated carbocycles. The van der Waals surface area contributed by atoms with E-state index in [-0.39, 0.29) is 11.2 Å². The van der Waals surface area contributed by atoms with Gasteiger partial charge in [0, 0.05) is 0 Å². The Morgan fingerprint density at radius 2 is 1.68 bits per heavy atom. The molecule has 2 N–H and O–H groups in total. The van der Waals surface area contributed by atoms with Gasteiger partial charge in [0.2, 0.25) is 0 Å². The number of phenols is 1. The largest absolute Gasteiger partial charge is 0.508 e. The third-order valence-corrected chi connectivity index (χ3v) is 3.47. The lowest BCUT2D eigenvalue weighted by molar-refractivity contribution is -0.146. The number of aliphatic carboxylic acids is 1. The van der Waals surface area contributed by atoms with Crippen LogP contribution in [0.2, 0.25) is 0 Å². The summed E-state index contributed by atoms with van der Waals surface area (Å²) in [6.45, 7) is 11.5. The first-order valence-corrected chi connectivity index (χ1v) is 6.51. The highest BCUT2D eigenvalue weighted by molar-refractivity contribution is 5.74. The van der Waals surface area contributed by atoms with Crippen LogP contribution in [-0.2, 0) is 16.6 Å². The molecule has 19 heavy (non-hydrogen) atoms. The van der Waals surface area contributed by atoms with Crippen LogP contribution in [0.1, 0.15) is 51.3 Å². The zero-order valence-electron chi connectivity index (χ0n) is 12.7. The van der Waals surface area contributed by atoms with E-state index in [9.17, 15) is 15.0 Å². The van der Waals surface area contributed by atoms with Gasteiger partial charge in [0.1, 0.15) is 5.75 Å². The van der Waals surface area contributed by atoms with E-state index in [0.29, 0.717) is 6.42 Å². The number of aromatic hydroxyl groups is 1. The van der Waals surface area contributed by atoms with Crippen LogP contribution in [0.3, 0.4) is 0 Å². The first kappa shape index (κ1) is 15.5. The van der Waals surface area contributed by atoms with E-state index in [2.05, 4.69) is 0 Å². The van der Waals surface area contributed by atoms with Crippen LogP contribution in [0.5, 0.6) is 5.75 Å². The molecular weight excluding hydrogens is 240 g/mol. The molecular formula is C16H24O3. The summed E-state index contributed by atoms with van der Waals surface area (Å²) in [7, 11) is 0. The van der Waals surface area contributed by atoms with E-state index >= 15 is 0 Å². The van der Waals surface area contributed by atoms with E-state index in [1.165, 1.54) is 0 Å². The zero-order chi connectivity index (χ0) is 15.0. The number of carboxylic acid groups (broad SMARTS) is 1. The molecule has 0 radical (unpaired) electrons. The van der Waals surface area contributed by atoms with Gasteiger partial charge in [-0.3, -0.25) is 4.79 Å². The topological polar surface area (TPSA) is 57.5 Å². The maximum atomic E-state index is 11.2. The number of carbonyl (C=O) groups is 1. The van der Waals surface area contributed by atoms with Gasteiger partial charge in [0.25, 0.3) is 0 Å². The van der Waals surface area contributed by atoms with Crippen LogP contribution in [0.25, 0.3) is 0 Å². The van der Waals surface area contributed by atoms with Gasteiger partial charge in [0.15, 0.2) is 0 Å². The Kier molecular flexibility index (Phi) is 3.99. The highest BCUT2D eigenvalue weighted by atomic mass is 16.4. The lowest BCUT2D eigenvalue weighted by atomic mass is 9.80. The summed E-state index contributed by atoms with van der Waals surface area (Å²) in [6, 6.07) is 3.67. The van der Waals surface area contributed by atoms with Gasteiger partial charge < -0.3 is 10.2 Å². The maximum absolute atomic E-state index is 11.2. The van der Waals surface area contributed by atoms with Crippen LogP contribution in [0.4, 0.5) is 0 Å². The molecule has 0 aromatic heterocycles. The highest BCUT2D eigenvalue weighted by Crippen LogP contribution is 2.34. The molecule has 0 aliphatic heterocycles. The second-order valence-electron chi connectivity index (χ2n) is 6.91. The van der Waals surface area contributed by atoms with Gasteiger partial charge in [-0.2, -0.15) is 0 Å². The van der Waals surface area contributed by atoms with Gasteiger partial charge >= 0.3 is 5.97 Å². The van der Waals surface area contributed by atoms with Crippen molar-refractivity contribution in [3.8, 4) is 5.75 Å². The van der Waals surface area contributed by atoms with Crippen molar-refractivity contribution in [2.75, 3.05) is 0 Å². The van der Waals surface area contributed by atoms with Crippen molar-refractivity contribution in [1.82, 2.24) is 0 Å². The van der Waals surface area contributed by atoms with Crippen molar-refractivity contribution in [3.63, 3.8) is 0 Å². The lowest BCUT2D eigenvalue weighted by Crippen LogP contribution is -2.26. The SMILES string of the molecule is Cc1cc(C(C)(C)C)c(O)cc1CC(C)(C)C(=O)O. The molecule has 0 heterocycles. The summed E-state index contributed by atoms with van der Waals surface area (Å²) in [5, 5.41) is 19.3. The summed E-state index contributed by atoms with van der Waals surface area (Å²) in [5.41, 5.74) is 1.84. The molecule has 1 rings (SSSR count). The normalized spacial score (nSPS) is 12.5. The average molecular weight is 264 g/mol. The number of rotatable bonds is 3. The Bertz CT molecular complexity index is 493. The molecule has 3 heteroatoms. The summed E-state index contributed by atoms with van der Waals surface area (Å²) in [4.78, 5) is 11.2. The van der Waals surface area contributed by atoms with Crippen molar-refractivity contribution in [2.24, 2.45) is 5.41 Å². The molecule has 0 unspecified atom stereocenters. The fourth-order valence-corrected chi connectivity index (χ4v) is 2.08. The zero-order valence-corrected chi connectivity index (χ0v) is 12.7. The van der Waals surface area contributed by atoms with Crippen LogP contribution >= 0.6 is 0 Å². The van der Waals surface area contributed by atoms with Gasteiger partial charge in [-0.15, -0.1) is 0 Å². The van der Waals surface area contributed by atoms with Crippen LogP contribution in [0.15, 0.2) is 12.1 Å². The van der Waals surface area contributed by atoms with Gasteiger partial charge in [0.05, 0.1) is 5.41 Å². The van der Waals surface area contributed by atoms with Crippen molar-refractivity contribution < 1.29 is 15.0 Å². The number of hydrogen-bond donors (Lipinski definition) is 2. The van der Waals surface area contributed by atoms with Crippen LogP contribution < -0.4 is 0 Å². The Morgan fingerprint density at radius 3 is 2.11 bits per heavy atom. The fraction of sp³-hybridized carbons (Fsp3) is 0.562. The van der Waals surface area contributed by atoms with E-state index in [4.69, 9.17) is 0 Å². The minimum Gasteiger partial charge on any atom is -0.508 e. The molecule has 1 aromatic rings. The predicted octanol–water partition coefficient (Wildman–Crippen LogP) is 3.65. The predicted molar refractivity (Wildman–Crippen MR) is 76.7 cm³/mol. The number of phenolic OH excluding ortho intramolecular Hbond substituents is 1. The minimum absolute atomic E-state index is 0.129. The third kappa shape index (κ3) is 3.49. The number of aryl methyl sites for hydroxylation is 1. The first-order valence-electron chi connectivity index (χ1n) is 6.51. The smallest absolute Gasteiger partial charge is 0.309 e. The molecule has 1 aromatic carbocycles. The van der Waals surface area contributed by atoms with Gasteiger partial charge in [-0.25, -0.2) is 0 Å². The number of hydrogen-bond acceptors (Lipinski definition) is 2. The molecule has 0 saturated heterocycles. The monoisotopic (exact) mass is 264 g/mol. The summed E-state index contributed by atoms with van der Waals surface area (Å²) in [5.74, 6) is -0.583. The van der Waals surface area contributed by atoms with Gasteiger partial charge in [-0.1, -0.05) is 26.8 Å². The number of carboxylic acids is 1. The highest BCUT2D eigenvalue weighted by Gasteiger charge is 2.29. The van der Waals surface area contributed by atoms with Crippen molar-refractivity contribution in [2.45, 2.75) is 53.4 Å². The number of benzene rings is 1. The molecule has 0 amide bonds. The lowest BCUT2D eigenvalue weighted by Gasteiger charge is -2.24. The second-order valence-corrected chi connectivity index (χ2v) is 6.91. The molecule has 0 aliphatic rings. The van der Waals surface area contributed by atoms with E-state index in [1.54, 1.807) is 19.9 Å². The average Bonchev–Trinajstić information content (AvgIpc) is 2.20. The maximum Gasteiger partial charge on any atom is 0.309 e. The molecule has 3 nitrogen and oxygen atoms in total. The summed E-state index contributed by atoms with van der Waals surface area (Å²) in [6.07, 6.45) is 0.409. The molecule has 0 fully saturated rings. The Balaban J connectivity index is 3.21. The molecule has 0 bridgehead atoms. The quantitative estimate of drug-likeness (QED) is 0.876. The third-order valence-electron chi connectivity index (χ3n) is 3.47. The van der Waals surface area contributed by atoms with Crippen molar-refractivity contribution in [1.29, 1.82) is 0 Å². The van der Waals surface area contributed by atoms with Crippen LogP contribution in [0, 0.1) is 12.3 Å².